The summed E-state index contributed by atoms with van der Waals surface area (Å²) in [7, 11) is 0. The van der Waals surface area contributed by atoms with Gasteiger partial charge in [0, 0.05) is 9.26 Å². The number of carbonyl (C=O) groups excluding carboxylic acids is 1. The Morgan fingerprint density at radius 3 is 2.48 bits per heavy atom. The normalized spacial score (nSPS) is 10.3. The lowest BCUT2D eigenvalue weighted by molar-refractivity contribution is 0.102. The van der Waals surface area contributed by atoms with Crippen molar-refractivity contribution in [3.8, 4) is 5.69 Å². The third kappa shape index (κ3) is 3.27. The van der Waals surface area contributed by atoms with E-state index in [-0.39, 0.29) is 11.6 Å². The molecular formula is C15H11IN4O. The van der Waals surface area contributed by atoms with Gasteiger partial charge < -0.3 is 5.32 Å². The van der Waals surface area contributed by atoms with Crippen molar-refractivity contribution >= 4 is 34.2 Å². The van der Waals surface area contributed by atoms with Crippen LogP contribution in [0.5, 0.6) is 0 Å². The molecule has 1 heterocycles. The molecule has 0 aliphatic heterocycles. The number of benzene rings is 2. The molecule has 21 heavy (non-hydrogen) atoms. The Kier molecular flexibility index (Phi) is 3.96. The Balaban J connectivity index is 1.77. The molecule has 0 spiro atoms. The molecule has 1 N–H and O–H groups in total. The minimum absolute atomic E-state index is 0.275. The number of halogens is 1. The monoisotopic (exact) mass is 390 g/mol. The van der Waals surface area contributed by atoms with Crippen LogP contribution in [0.15, 0.2) is 60.8 Å². The number of anilines is 1. The highest BCUT2D eigenvalue weighted by molar-refractivity contribution is 14.1. The predicted molar refractivity (Wildman–Crippen MR) is 88.5 cm³/mol. The van der Waals surface area contributed by atoms with E-state index in [9.17, 15) is 4.79 Å². The van der Waals surface area contributed by atoms with Crippen LogP contribution in [-0.2, 0) is 0 Å². The van der Waals surface area contributed by atoms with Gasteiger partial charge in [0.2, 0.25) is 0 Å². The zero-order chi connectivity index (χ0) is 14.7. The number of rotatable bonds is 3. The van der Waals surface area contributed by atoms with Crippen LogP contribution in [-0.4, -0.2) is 20.9 Å². The number of para-hydroxylation sites is 1. The first-order valence-electron chi connectivity index (χ1n) is 6.27. The molecule has 2 aromatic carbocycles. The smallest absolute Gasteiger partial charge is 0.277 e. The van der Waals surface area contributed by atoms with E-state index in [4.69, 9.17) is 0 Å². The SMILES string of the molecule is O=C(Nc1ccc(I)cc1)c1cnn(-c2ccccc2)n1. The predicted octanol–water partition coefficient (Wildman–Crippen LogP) is 3.12. The van der Waals surface area contributed by atoms with E-state index in [1.54, 1.807) is 0 Å². The Bertz CT molecular complexity index is 753. The number of nitrogens with zero attached hydrogens (tertiary/aromatic N) is 3. The van der Waals surface area contributed by atoms with E-state index >= 15 is 0 Å². The molecule has 0 radical (unpaired) electrons. The lowest BCUT2D eigenvalue weighted by Crippen LogP contribution is -2.13. The molecule has 0 fully saturated rings. The maximum absolute atomic E-state index is 12.1. The second kappa shape index (κ2) is 6.04. The molecule has 1 aromatic heterocycles. The number of amides is 1. The van der Waals surface area contributed by atoms with Crippen molar-refractivity contribution < 1.29 is 4.79 Å². The van der Waals surface area contributed by atoms with E-state index in [0.29, 0.717) is 0 Å². The minimum Gasteiger partial charge on any atom is -0.321 e. The molecule has 0 aliphatic carbocycles. The Morgan fingerprint density at radius 2 is 1.76 bits per heavy atom. The van der Waals surface area contributed by atoms with Crippen molar-refractivity contribution in [2.75, 3.05) is 5.32 Å². The summed E-state index contributed by atoms with van der Waals surface area (Å²) < 4.78 is 1.11. The fraction of sp³-hybridized carbons (Fsp3) is 0. The molecule has 5 nitrogen and oxygen atoms in total. The van der Waals surface area contributed by atoms with Crippen molar-refractivity contribution in [1.82, 2.24) is 15.0 Å². The van der Waals surface area contributed by atoms with E-state index < -0.39 is 0 Å². The minimum atomic E-state index is -0.279. The van der Waals surface area contributed by atoms with Gasteiger partial charge in [-0.05, 0) is 59.0 Å². The third-order valence-corrected chi connectivity index (χ3v) is 3.53. The van der Waals surface area contributed by atoms with Gasteiger partial charge in [-0.1, -0.05) is 18.2 Å². The molecule has 104 valence electrons. The summed E-state index contributed by atoms with van der Waals surface area (Å²) in [4.78, 5) is 13.5. The first-order chi connectivity index (χ1) is 10.2. The third-order valence-electron chi connectivity index (χ3n) is 2.81. The highest BCUT2D eigenvalue weighted by Gasteiger charge is 2.11. The summed E-state index contributed by atoms with van der Waals surface area (Å²) >= 11 is 2.21. The summed E-state index contributed by atoms with van der Waals surface area (Å²) in [6, 6.07) is 17.0. The molecule has 0 aliphatic rings. The molecule has 0 saturated heterocycles. The summed E-state index contributed by atoms with van der Waals surface area (Å²) in [5.74, 6) is -0.279. The van der Waals surface area contributed by atoms with Gasteiger partial charge in [-0.25, -0.2) is 0 Å². The standard InChI is InChI=1S/C15H11IN4O/c16-11-6-8-12(9-7-11)18-15(21)14-10-17-20(19-14)13-4-2-1-3-5-13/h1-10H,(H,18,21). The van der Waals surface area contributed by atoms with Crippen molar-refractivity contribution in [3.05, 3.63) is 70.1 Å². The highest BCUT2D eigenvalue weighted by atomic mass is 127. The number of hydrogen-bond donors (Lipinski definition) is 1. The Hall–Kier alpha value is -2.22. The summed E-state index contributed by atoms with van der Waals surface area (Å²) in [6.45, 7) is 0. The second-order valence-electron chi connectivity index (χ2n) is 4.32. The van der Waals surface area contributed by atoms with Gasteiger partial charge in [-0.15, -0.1) is 5.10 Å². The maximum atomic E-state index is 12.1. The first-order valence-corrected chi connectivity index (χ1v) is 7.35. The quantitative estimate of drug-likeness (QED) is 0.700. The summed E-state index contributed by atoms with van der Waals surface area (Å²) in [6.07, 6.45) is 1.45. The van der Waals surface area contributed by atoms with Crippen LogP contribution >= 0.6 is 22.6 Å². The van der Waals surface area contributed by atoms with Gasteiger partial charge >= 0.3 is 0 Å². The molecule has 0 bridgehead atoms. The van der Waals surface area contributed by atoms with E-state index in [1.165, 1.54) is 11.0 Å². The van der Waals surface area contributed by atoms with Crippen LogP contribution in [0.1, 0.15) is 10.5 Å². The summed E-state index contributed by atoms with van der Waals surface area (Å²) in [5.41, 5.74) is 1.82. The molecule has 0 unspecified atom stereocenters. The lowest BCUT2D eigenvalue weighted by atomic mass is 10.3. The molecule has 3 rings (SSSR count). The largest absolute Gasteiger partial charge is 0.321 e. The first kappa shape index (κ1) is 13.7. The van der Waals surface area contributed by atoms with Crippen LogP contribution in [0.3, 0.4) is 0 Å². The zero-order valence-corrected chi connectivity index (χ0v) is 13.1. The lowest BCUT2D eigenvalue weighted by Gasteiger charge is -2.02. The number of aromatic nitrogens is 3. The van der Waals surface area contributed by atoms with Crippen molar-refractivity contribution in [1.29, 1.82) is 0 Å². The van der Waals surface area contributed by atoms with Crippen LogP contribution in [0.4, 0.5) is 5.69 Å². The number of nitrogens with one attached hydrogen (secondary N) is 1. The van der Waals surface area contributed by atoms with Gasteiger partial charge in [-0.3, -0.25) is 4.79 Å². The molecular weight excluding hydrogens is 379 g/mol. The highest BCUT2D eigenvalue weighted by Crippen LogP contribution is 2.12. The second-order valence-corrected chi connectivity index (χ2v) is 5.56. The fourth-order valence-electron chi connectivity index (χ4n) is 1.78. The maximum Gasteiger partial charge on any atom is 0.277 e. The molecule has 6 heteroatoms. The zero-order valence-electron chi connectivity index (χ0n) is 10.9. The van der Waals surface area contributed by atoms with Crippen LogP contribution in [0, 0.1) is 3.57 Å². The Morgan fingerprint density at radius 1 is 1.05 bits per heavy atom. The topological polar surface area (TPSA) is 59.8 Å². The number of hydrogen-bond acceptors (Lipinski definition) is 3. The molecule has 1 amide bonds. The Labute approximate surface area is 135 Å². The van der Waals surface area contributed by atoms with Gasteiger partial charge in [-0.2, -0.15) is 9.90 Å². The van der Waals surface area contributed by atoms with Crippen LogP contribution in [0.2, 0.25) is 0 Å². The molecule has 0 saturated carbocycles. The van der Waals surface area contributed by atoms with E-state index in [0.717, 1.165) is 14.9 Å². The van der Waals surface area contributed by atoms with Crippen LogP contribution < -0.4 is 5.32 Å². The van der Waals surface area contributed by atoms with E-state index in [1.807, 2.05) is 54.6 Å². The average molecular weight is 390 g/mol. The van der Waals surface area contributed by atoms with E-state index in [2.05, 4.69) is 38.1 Å². The average Bonchev–Trinajstić information content (AvgIpc) is 3.00. The van der Waals surface area contributed by atoms with Gasteiger partial charge in [0.05, 0.1) is 11.9 Å². The summed E-state index contributed by atoms with van der Waals surface area (Å²) in [5, 5.41) is 11.1. The van der Waals surface area contributed by atoms with Gasteiger partial charge in [0.25, 0.3) is 5.91 Å². The van der Waals surface area contributed by atoms with Crippen molar-refractivity contribution in [2.45, 2.75) is 0 Å². The number of carbonyl (C=O) groups is 1. The fourth-order valence-corrected chi connectivity index (χ4v) is 2.14. The molecule has 0 atom stereocenters. The van der Waals surface area contributed by atoms with Crippen molar-refractivity contribution in [3.63, 3.8) is 0 Å². The van der Waals surface area contributed by atoms with Gasteiger partial charge in [0.1, 0.15) is 0 Å². The van der Waals surface area contributed by atoms with Gasteiger partial charge in [0.15, 0.2) is 5.69 Å². The van der Waals surface area contributed by atoms with Crippen molar-refractivity contribution in [2.24, 2.45) is 0 Å². The van der Waals surface area contributed by atoms with Crippen LogP contribution in [0.25, 0.3) is 5.69 Å². The molecule has 3 aromatic rings.